The van der Waals surface area contributed by atoms with Crippen LogP contribution in [0, 0.1) is 0 Å². The van der Waals surface area contributed by atoms with Crippen molar-refractivity contribution in [2.75, 3.05) is 6.61 Å². The third kappa shape index (κ3) is 6.95. The number of hydrogen-bond donors (Lipinski definition) is 1. The lowest BCUT2D eigenvalue weighted by molar-refractivity contribution is -0.138. The summed E-state index contributed by atoms with van der Waals surface area (Å²) in [4.78, 5) is 33.1. The van der Waals surface area contributed by atoms with E-state index in [2.05, 4.69) is 19.7 Å². The van der Waals surface area contributed by atoms with Crippen molar-refractivity contribution in [3.8, 4) is 0 Å². The Bertz CT molecular complexity index is 407. The minimum absolute atomic E-state index is 0.107. The first-order valence-corrected chi connectivity index (χ1v) is 5.11. The van der Waals surface area contributed by atoms with E-state index >= 15 is 0 Å². The number of nitrogens with one attached hydrogen (secondary N) is 1. The molecule has 2 amide bonds. The van der Waals surface area contributed by atoms with Gasteiger partial charge in [0.15, 0.2) is 0 Å². The molecule has 18 heavy (non-hydrogen) atoms. The highest BCUT2D eigenvalue weighted by Crippen LogP contribution is 2.02. The van der Waals surface area contributed by atoms with Crippen molar-refractivity contribution in [3.05, 3.63) is 49.6 Å². The molecule has 0 atom stereocenters. The Morgan fingerprint density at radius 2 is 1.83 bits per heavy atom. The topological polar surface area (TPSA) is 72.5 Å². The summed E-state index contributed by atoms with van der Waals surface area (Å²) in [7, 11) is 0. The predicted molar refractivity (Wildman–Crippen MR) is 67.4 cm³/mol. The van der Waals surface area contributed by atoms with E-state index in [9.17, 15) is 14.4 Å². The van der Waals surface area contributed by atoms with E-state index in [1.54, 1.807) is 0 Å². The number of ether oxygens (including phenoxy) is 1. The number of carbonyl (C=O) groups is 3. The highest BCUT2D eigenvalue weighted by molar-refractivity contribution is 6.04. The maximum Gasteiger partial charge on any atom is 0.334 e. The van der Waals surface area contributed by atoms with E-state index in [1.807, 2.05) is 5.32 Å². The summed E-state index contributed by atoms with van der Waals surface area (Å²) in [6.45, 7) is 10.2. The molecule has 0 unspecified atom stereocenters. The van der Waals surface area contributed by atoms with Gasteiger partial charge >= 0.3 is 5.97 Å². The average Bonchev–Trinajstić information content (AvgIpc) is 2.35. The van der Waals surface area contributed by atoms with Crippen molar-refractivity contribution < 1.29 is 19.1 Å². The van der Waals surface area contributed by atoms with Gasteiger partial charge in [0, 0.05) is 5.57 Å². The highest BCUT2D eigenvalue weighted by Gasteiger charge is 2.06. The second-order valence-corrected chi connectivity index (χ2v) is 3.15. The van der Waals surface area contributed by atoms with Gasteiger partial charge in [0.25, 0.3) is 0 Å². The number of esters is 1. The molecule has 0 saturated heterocycles. The van der Waals surface area contributed by atoms with Crippen LogP contribution >= 0.6 is 0 Å². The fourth-order valence-electron chi connectivity index (χ4n) is 0.842. The van der Waals surface area contributed by atoms with Crippen molar-refractivity contribution >= 4 is 17.8 Å². The smallest absolute Gasteiger partial charge is 0.334 e. The molecule has 0 aliphatic carbocycles. The monoisotopic (exact) mass is 249 g/mol. The number of amides is 2. The standard InChI is InChI=1S/C13H15NO4/c1-4-9-18-13(17)10(3)7-6-8-12(16)14-11(15)5-2/h4-6,8H,1-3,7,9H2,(H,14,15,16). The molecule has 0 fully saturated rings. The molecule has 1 N–H and O–H groups in total. The molecule has 0 aromatic rings. The van der Waals surface area contributed by atoms with Gasteiger partial charge in [-0.15, -0.1) is 0 Å². The van der Waals surface area contributed by atoms with E-state index < -0.39 is 17.8 Å². The number of imide groups is 1. The molecule has 5 heteroatoms. The second-order valence-electron chi connectivity index (χ2n) is 3.15. The molecule has 0 aromatic heterocycles. The third-order valence-electron chi connectivity index (χ3n) is 1.69. The molecule has 0 rings (SSSR count). The van der Waals surface area contributed by atoms with Gasteiger partial charge in [0.1, 0.15) is 6.61 Å². The molecule has 0 aliphatic heterocycles. The van der Waals surface area contributed by atoms with Gasteiger partial charge < -0.3 is 4.74 Å². The van der Waals surface area contributed by atoms with Crippen LogP contribution in [0.5, 0.6) is 0 Å². The summed E-state index contributed by atoms with van der Waals surface area (Å²) in [5.74, 6) is -1.73. The first kappa shape index (κ1) is 15.6. The Kier molecular flexibility index (Phi) is 7.52. The largest absolute Gasteiger partial charge is 0.458 e. The van der Waals surface area contributed by atoms with E-state index in [0.717, 1.165) is 12.2 Å². The van der Waals surface area contributed by atoms with Crippen LogP contribution in [0.25, 0.3) is 0 Å². The first-order valence-electron chi connectivity index (χ1n) is 5.11. The van der Waals surface area contributed by atoms with Gasteiger partial charge in [0.2, 0.25) is 11.8 Å². The lowest BCUT2D eigenvalue weighted by Crippen LogP contribution is -2.26. The van der Waals surface area contributed by atoms with Crippen LogP contribution in [0.3, 0.4) is 0 Å². The van der Waals surface area contributed by atoms with Gasteiger partial charge in [0.05, 0.1) is 0 Å². The molecule has 0 spiro atoms. The molecule has 0 heterocycles. The third-order valence-corrected chi connectivity index (χ3v) is 1.69. The Morgan fingerprint density at radius 3 is 2.39 bits per heavy atom. The van der Waals surface area contributed by atoms with Crippen LogP contribution in [0.1, 0.15) is 6.42 Å². The van der Waals surface area contributed by atoms with Crippen LogP contribution in [-0.2, 0) is 19.1 Å². The fourth-order valence-corrected chi connectivity index (χ4v) is 0.842. The maximum absolute atomic E-state index is 11.2. The molecule has 96 valence electrons. The Morgan fingerprint density at radius 1 is 1.17 bits per heavy atom. The Hall–Kier alpha value is -2.43. The number of carbonyl (C=O) groups excluding carboxylic acids is 3. The second kappa shape index (κ2) is 8.69. The zero-order valence-corrected chi connectivity index (χ0v) is 9.98. The minimum atomic E-state index is -0.591. The summed E-state index contributed by atoms with van der Waals surface area (Å²) in [5, 5.41) is 2.03. The van der Waals surface area contributed by atoms with Crippen LogP contribution in [0.15, 0.2) is 49.6 Å². The van der Waals surface area contributed by atoms with Crippen molar-refractivity contribution in [2.24, 2.45) is 0 Å². The summed E-state index contributed by atoms with van der Waals surface area (Å²) in [5.41, 5.74) is 0.205. The molecular weight excluding hydrogens is 234 g/mol. The van der Waals surface area contributed by atoms with Crippen molar-refractivity contribution in [1.29, 1.82) is 0 Å². The van der Waals surface area contributed by atoms with Gasteiger partial charge in [-0.1, -0.05) is 31.9 Å². The zero-order valence-electron chi connectivity index (χ0n) is 9.98. The molecule has 5 nitrogen and oxygen atoms in total. The predicted octanol–water partition coefficient (Wildman–Crippen LogP) is 1.05. The summed E-state index contributed by atoms with van der Waals surface area (Å²) >= 11 is 0. The molecule has 0 bridgehead atoms. The van der Waals surface area contributed by atoms with E-state index in [1.165, 1.54) is 12.2 Å². The summed E-state index contributed by atoms with van der Waals surface area (Å²) in [6.07, 6.45) is 5.12. The molecule has 0 radical (unpaired) electrons. The van der Waals surface area contributed by atoms with Crippen molar-refractivity contribution in [1.82, 2.24) is 5.32 Å². The lowest BCUT2D eigenvalue weighted by atomic mass is 10.2. The van der Waals surface area contributed by atoms with Crippen LogP contribution in [-0.4, -0.2) is 24.4 Å². The molecule has 0 aliphatic rings. The van der Waals surface area contributed by atoms with Crippen LogP contribution < -0.4 is 5.32 Å². The Balaban J connectivity index is 4.08. The number of rotatable bonds is 7. The summed E-state index contributed by atoms with van der Waals surface area (Å²) < 4.78 is 4.73. The average molecular weight is 249 g/mol. The highest BCUT2D eigenvalue weighted by atomic mass is 16.5. The summed E-state index contributed by atoms with van der Waals surface area (Å²) in [6, 6.07) is 0. The van der Waals surface area contributed by atoms with Gasteiger partial charge in [-0.2, -0.15) is 0 Å². The maximum atomic E-state index is 11.2. The number of allylic oxidation sites excluding steroid dienone is 1. The van der Waals surface area contributed by atoms with Gasteiger partial charge in [-0.05, 0) is 18.6 Å². The van der Waals surface area contributed by atoms with Crippen LogP contribution in [0.4, 0.5) is 0 Å². The van der Waals surface area contributed by atoms with Gasteiger partial charge in [-0.25, -0.2) is 4.79 Å². The van der Waals surface area contributed by atoms with Crippen LogP contribution in [0.2, 0.25) is 0 Å². The quantitative estimate of drug-likeness (QED) is 0.416. The fraction of sp³-hybridized carbons (Fsp3) is 0.154. The molecule has 0 aromatic carbocycles. The zero-order chi connectivity index (χ0) is 14.0. The normalized spacial score (nSPS) is 9.56. The number of hydrogen-bond acceptors (Lipinski definition) is 4. The van der Waals surface area contributed by atoms with E-state index in [0.29, 0.717) is 0 Å². The van der Waals surface area contributed by atoms with E-state index in [4.69, 9.17) is 4.74 Å². The van der Waals surface area contributed by atoms with Crippen molar-refractivity contribution in [3.63, 3.8) is 0 Å². The van der Waals surface area contributed by atoms with Gasteiger partial charge in [-0.3, -0.25) is 14.9 Å². The Labute approximate surface area is 106 Å². The minimum Gasteiger partial charge on any atom is -0.458 e. The van der Waals surface area contributed by atoms with Crippen molar-refractivity contribution in [2.45, 2.75) is 6.42 Å². The molecule has 0 saturated carbocycles. The molecular formula is C13H15NO4. The first-order chi connectivity index (χ1) is 8.51. The lowest BCUT2D eigenvalue weighted by Gasteiger charge is -2.02. The SMILES string of the molecule is C=CCOC(=O)C(=C)CC=CC(=O)NC(=O)C=C. The van der Waals surface area contributed by atoms with E-state index in [-0.39, 0.29) is 18.6 Å².